The van der Waals surface area contributed by atoms with Crippen LogP contribution in [0.25, 0.3) is 0 Å². The van der Waals surface area contributed by atoms with E-state index >= 15 is 0 Å². The van der Waals surface area contributed by atoms with Gasteiger partial charge in [0, 0.05) is 23.8 Å². The van der Waals surface area contributed by atoms with Crippen LogP contribution in [-0.2, 0) is 17.8 Å². The highest BCUT2D eigenvalue weighted by Gasteiger charge is 2.13. The molecule has 0 fully saturated rings. The van der Waals surface area contributed by atoms with Crippen LogP contribution >= 0.6 is 11.6 Å². The molecule has 110 valence electrons. The summed E-state index contributed by atoms with van der Waals surface area (Å²) < 4.78 is 0. The Kier molecular flexibility index (Phi) is 5.23. The summed E-state index contributed by atoms with van der Waals surface area (Å²) in [5.74, 6) is 0.0993. The first-order chi connectivity index (χ1) is 10.1. The second-order valence-electron chi connectivity index (χ2n) is 4.96. The van der Waals surface area contributed by atoms with Crippen molar-refractivity contribution in [2.45, 2.75) is 19.9 Å². The number of anilines is 1. The molecule has 2 N–H and O–H groups in total. The van der Waals surface area contributed by atoms with E-state index in [9.17, 15) is 4.79 Å². The Bertz CT molecular complexity index is 610. The Balaban J connectivity index is 2.03. The lowest BCUT2D eigenvalue weighted by Crippen LogP contribution is -2.31. The van der Waals surface area contributed by atoms with E-state index in [1.165, 1.54) is 0 Å². The summed E-state index contributed by atoms with van der Waals surface area (Å²) in [6.45, 7) is 3.22. The minimum Gasteiger partial charge on any atom is -0.399 e. The van der Waals surface area contributed by atoms with Crippen LogP contribution in [0.4, 0.5) is 5.69 Å². The summed E-state index contributed by atoms with van der Waals surface area (Å²) in [6, 6.07) is 15.0. The molecule has 2 rings (SSSR count). The van der Waals surface area contributed by atoms with Gasteiger partial charge >= 0.3 is 0 Å². The fourth-order valence-corrected chi connectivity index (χ4v) is 2.30. The first-order valence-electron chi connectivity index (χ1n) is 6.95. The predicted octanol–water partition coefficient (Wildman–Crippen LogP) is 3.51. The van der Waals surface area contributed by atoms with Crippen molar-refractivity contribution in [2.75, 3.05) is 12.3 Å². The van der Waals surface area contributed by atoms with Crippen molar-refractivity contribution in [3.05, 3.63) is 64.7 Å². The zero-order valence-corrected chi connectivity index (χ0v) is 12.8. The number of nitrogen functional groups attached to an aromatic ring is 1. The lowest BCUT2D eigenvalue weighted by molar-refractivity contribution is -0.130. The van der Waals surface area contributed by atoms with Gasteiger partial charge in [0.05, 0.1) is 6.42 Å². The average molecular weight is 303 g/mol. The fourth-order valence-electron chi connectivity index (χ4n) is 2.18. The topological polar surface area (TPSA) is 46.3 Å². The molecular weight excluding hydrogens is 284 g/mol. The van der Waals surface area contributed by atoms with Gasteiger partial charge in [0.1, 0.15) is 0 Å². The summed E-state index contributed by atoms with van der Waals surface area (Å²) in [4.78, 5) is 14.2. The van der Waals surface area contributed by atoms with Gasteiger partial charge < -0.3 is 10.6 Å². The van der Waals surface area contributed by atoms with Crippen molar-refractivity contribution in [2.24, 2.45) is 0 Å². The number of carbonyl (C=O) groups excluding carboxylic acids is 1. The van der Waals surface area contributed by atoms with Crippen LogP contribution in [0.15, 0.2) is 48.5 Å². The van der Waals surface area contributed by atoms with Gasteiger partial charge in [-0.05, 0) is 42.3 Å². The van der Waals surface area contributed by atoms with Crippen molar-refractivity contribution in [1.82, 2.24) is 4.90 Å². The third-order valence-electron chi connectivity index (χ3n) is 3.33. The van der Waals surface area contributed by atoms with Gasteiger partial charge in [-0.3, -0.25) is 4.79 Å². The van der Waals surface area contributed by atoms with Crippen molar-refractivity contribution >= 4 is 23.2 Å². The zero-order chi connectivity index (χ0) is 15.2. The second-order valence-corrected chi connectivity index (χ2v) is 5.39. The number of benzene rings is 2. The molecule has 0 heterocycles. The second kappa shape index (κ2) is 7.14. The Hall–Kier alpha value is -2.00. The lowest BCUT2D eigenvalue weighted by Gasteiger charge is -2.21. The minimum absolute atomic E-state index is 0.0993. The number of amides is 1. The molecule has 0 atom stereocenters. The molecular formula is C17H19ClN2O. The van der Waals surface area contributed by atoms with E-state index in [0.29, 0.717) is 30.2 Å². The number of hydrogen-bond donors (Lipinski definition) is 1. The first kappa shape index (κ1) is 15.4. The molecule has 3 nitrogen and oxygen atoms in total. The van der Waals surface area contributed by atoms with Crippen molar-refractivity contribution < 1.29 is 4.79 Å². The van der Waals surface area contributed by atoms with Crippen LogP contribution in [0.5, 0.6) is 0 Å². The first-order valence-corrected chi connectivity index (χ1v) is 7.33. The maximum absolute atomic E-state index is 12.4. The zero-order valence-electron chi connectivity index (χ0n) is 12.1. The van der Waals surface area contributed by atoms with E-state index < -0.39 is 0 Å². The number of likely N-dealkylation sites (N-methyl/N-ethyl adjacent to an activating group) is 1. The Morgan fingerprint density at radius 2 is 1.86 bits per heavy atom. The number of nitrogens with two attached hydrogens (primary N) is 1. The molecule has 4 heteroatoms. The number of carbonyl (C=O) groups is 1. The molecule has 0 radical (unpaired) electrons. The van der Waals surface area contributed by atoms with Crippen molar-refractivity contribution in [3.8, 4) is 0 Å². The predicted molar refractivity (Wildman–Crippen MR) is 87.1 cm³/mol. The Morgan fingerprint density at radius 3 is 2.48 bits per heavy atom. The van der Waals surface area contributed by atoms with Crippen LogP contribution in [0, 0.1) is 0 Å². The number of hydrogen-bond acceptors (Lipinski definition) is 2. The Labute approximate surface area is 130 Å². The molecule has 0 aliphatic rings. The van der Waals surface area contributed by atoms with E-state index in [-0.39, 0.29) is 5.91 Å². The van der Waals surface area contributed by atoms with Crippen LogP contribution in [0.2, 0.25) is 5.02 Å². The molecule has 0 unspecified atom stereocenters. The molecule has 0 saturated heterocycles. The smallest absolute Gasteiger partial charge is 0.227 e. The molecule has 2 aromatic carbocycles. The summed E-state index contributed by atoms with van der Waals surface area (Å²) in [6.07, 6.45) is 0.382. The number of nitrogens with zero attached hydrogens (tertiary/aromatic N) is 1. The van der Waals surface area contributed by atoms with Crippen LogP contribution in [0.3, 0.4) is 0 Å². The molecule has 0 aliphatic heterocycles. The largest absolute Gasteiger partial charge is 0.399 e. The highest BCUT2D eigenvalue weighted by molar-refractivity contribution is 6.30. The Morgan fingerprint density at radius 1 is 1.14 bits per heavy atom. The SMILES string of the molecule is CCN(Cc1cccc(N)c1)C(=O)Cc1ccc(Cl)cc1. The number of rotatable bonds is 5. The van der Waals surface area contributed by atoms with Gasteiger partial charge in [-0.2, -0.15) is 0 Å². The maximum Gasteiger partial charge on any atom is 0.227 e. The van der Waals surface area contributed by atoms with E-state index in [2.05, 4.69) is 0 Å². The summed E-state index contributed by atoms with van der Waals surface area (Å²) >= 11 is 5.85. The molecule has 0 spiro atoms. The third kappa shape index (κ3) is 4.50. The van der Waals surface area contributed by atoms with E-state index in [1.54, 1.807) is 12.1 Å². The van der Waals surface area contributed by atoms with Crippen LogP contribution in [-0.4, -0.2) is 17.4 Å². The molecule has 21 heavy (non-hydrogen) atoms. The monoisotopic (exact) mass is 302 g/mol. The molecule has 1 amide bonds. The van der Waals surface area contributed by atoms with Gasteiger partial charge in [0.15, 0.2) is 0 Å². The highest BCUT2D eigenvalue weighted by Crippen LogP contribution is 2.13. The molecule has 0 aromatic heterocycles. The van der Waals surface area contributed by atoms with E-state index in [4.69, 9.17) is 17.3 Å². The molecule has 0 bridgehead atoms. The highest BCUT2D eigenvalue weighted by atomic mass is 35.5. The quantitative estimate of drug-likeness (QED) is 0.859. The standard InChI is InChI=1S/C17H19ClN2O/c1-2-20(12-14-4-3-5-16(19)10-14)17(21)11-13-6-8-15(18)9-7-13/h3-10H,2,11-12,19H2,1H3. The van der Waals surface area contributed by atoms with Gasteiger partial charge in [0.2, 0.25) is 5.91 Å². The molecule has 2 aromatic rings. The summed E-state index contributed by atoms with van der Waals surface area (Å²) in [5.41, 5.74) is 8.50. The van der Waals surface area contributed by atoms with Gasteiger partial charge in [-0.15, -0.1) is 0 Å². The number of halogens is 1. The maximum atomic E-state index is 12.4. The van der Waals surface area contributed by atoms with Crippen molar-refractivity contribution in [1.29, 1.82) is 0 Å². The summed E-state index contributed by atoms with van der Waals surface area (Å²) in [5, 5.41) is 0.679. The molecule has 0 aliphatic carbocycles. The van der Waals surface area contributed by atoms with E-state index in [0.717, 1.165) is 11.1 Å². The van der Waals surface area contributed by atoms with Gasteiger partial charge in [0.25, 0.3) is 0 Å². The normalized spacial score (nSPS) is 10.4. The van der Waals surface area contributed by atoms with E-state index in [1.807, 2.05) is 48.2 Å². The average Bonchev–Trinajstić information content (AvgIpc) is 2.47. The van der Waals surface area contributed by atoms with Gasteiger partial charge in [-0.25, -0.2) is 0 Å². The van der Waals surface area contributed by atoms with Crippen molar-refractivity contribution in [3.63, 3.8) is 0 Å². The summed E-state index contributed by atoms with van der Waals surface area (Å²) in [7, 11) is 0. The van der Waals surface area contributed by atoms with Crippen LogP contribution < -0.4 is 5.73 Å². The van der Waals surface area contributed by atoms with Crippen LogP contribution in [0.1, 0.15) is 18.1 Å². The molecule has 0 saturated carbocycles. The van der Waals surface area contributed by atoms with Gasteiger partial charge in [-0.1, -0.05) is 35.9 Å². The fraction of sp³-hybridized carbons (Fsp3) is 0.235. The minimum atomic E-state index is 0.0993. The lowest BCUT2D eigenvalue weighted by atomic mass is 10.1. The third-order valence-corrected chi connectivity index (χ3v) is 3.58.